The van der Waals surface area contributed by atoms with Gasteiger partial charge in [-0.05, 0) is 57.9 Å². The lowest BCUT2D eigenvalue weighted by atomic mass is 10.1. The zero-order chi connectivity index (χ0) is 23.8. The number of benzene rings is 1. The first-order valence-corrected chi connectivity index (χ1v) is 11.1. The number of nitrogens with zero attached hydrogens (tertiary/aromatic N) is 2. The summed E-state index contributed by atoms with van der Waals surface area (Å²) in [6.07, 6.45) is 4.47. The van der Waals surface area contributed by atoms with Crippen LogP contribution in [0.5, 0.6) is 5.75 Å². The Hall–Kier alpha value is -3.27. The zero-order valence-corrected chi connectivity index (χ0v) is 18.6. The van der Waals surface area contributed by atoms with Gasteiger partial charge in [-0.2, -0.15) is 5.10 Å². The summed E-state index contributed by atoms with van der Waals surface area (Å²) >= 11 is 0. The predicted octanol–water partition coefficient (Wildman–Crippen LogP) is 4.25. The van der Waals surface area contributed by atoms with Crippen molar-refractivity contribution in [1.29, 1.82) is 0 Å². The van der Waals surface area contributed by atoms with E-state index in [1.165, 1.54) is 4.90 Å². The fourth-order valence-electron chi connectivity index (χ4n) is 3.08. The molecule has 7 heteroatoms. The Balaban J connectivity index is 1.68. The number of nitrogens with one attached hydrogen (secondary N) is 1. The van der Waals surface area contributed by atoms with Crippen LogP contribution in [0.2, 0.25) is 0 Å². The van der Waals surface area contributed by atoms with E-state index in [0.29, 0.717) is 36.0 Å². The summed E-state index contributed by atoms with van der Waals surface area (Å²) in [6, 6.07) is 8.63. The highest BCUT2D eigenvalue weighted by Gasteiger charge is 2.23. The van der Waals surface area contributed by atoms with Gasteiger partial charge in [-0.15, -0.1) is 0 Å². The van der Waals surface area contributed by atoms with Crippen molar-refractivity contribution >= 4 is 11.9 Å². The molecule has 1 amide bonds. The molecule has 1 aliphatic rings. The van der Waals surface area contributed by atoms with Gasteiger partial charge in [0.15, 0.2) is 5.69 Å². The van der Waals surface area contributed by atoms with Crippen LogP contribution in [0.3, 0.4) is 0 Å². The molecule has 2 aromatic rings. The summed E-state index contributed by atoms with van der Waals surface area (Å²) in [5, 5.41) is 15.7. The third kappa shape index (κ3) is 7.16. The molecule has 1 saturated carbocycles. The quantitative estimate of drug-likeness (QED) is 0.404. The van der Waals surface area contributed by atoms with E-state index in [1.807, 2.05) is 26.0 Å². The maximum atomic E-state index is 13.2. The number of hydrogen-bond acceptors (Lipinski definition) is 4. The number of H-pyrrole nitrogens is 1. The molecule has 0 radical (unpaired) electrons. The molecule has 1 heterocycles. The van der Waals surface area contributed by atoms with Crippen LogP contribution in [-0.2, 0) is 11.3 Å². The molecule has 1 aromatic carbocycles. The third-order valence-corrected chi connectivity index (χ3v) is 5.07. The fraction of sp³-hybridized carbons (Fsp3) is 0.480. The van der Waals surface area contributed by atoms with Crippen LogP contribution in [0.1, 0.15) is 75.5 Å². The number of hydrogen-bond donors (Lipinski definition) is 2. The average molecular weight is 439 g/mol. The first-order valence-electron chi connectivity index (χ1n) is 11.7. The lowest BCUT2D eigenvalue weighted by molar-refractivity contribution is -0.137. The Morgan fingerprint density at radius 3 is 2.81 bits per heavy atom. The molecule has 2 N–H and O–H groups in total. The minimum atomic E-state index is -0.974. The number of carboxylic acid groups (broad SMARTS) is 1. The monoisotopic (exact) mass is 438 g/mol. The van der Waals surface area contributed by atoms with Gasteiger partial charge in [0, 0.05) is 36.5 Å². The Kier molecular flexibility index (Phi) is 7.80. The molecular weight excluding hydrogens is 406 g/mol. The van der Waals surface area contributed by atoms with Crippen LogP contribution in [-0.4, -0.2) is 44.7 Å². The molecule has 32 heavy (non-hydrogen) atoms. The SMILES string of the molecule is [2H]C(c1ccccc1OCCCCCC(=O)O)N(C(=O)c1cc(C#CC2CC2)[nH]n1)C(C)C. The molecule has 1 unspecified atom stereocenters. The molecule has 0 spiro atoms. The summed E-state index contributed by atoms with van der Waals surface area (Å²) in [5.74, 6) is 6.03. The van der Waals surface area contributed by atoms with Crippen LogP contribution in [0, 0.1) is 17.8 Å². The van der Waals surface area contributed by atoms with E-state index < -0.39 is 12.5 Å². The van der Waals surface area contributed by atoms with Crippen molar-refractivity contribution in [2.45, 2.75) is 64.9 Å². The van der Waals surface area contributed by atoms with Gasteiger partial charge >= 0.3 is 5.97 Å². The molecule has 1 aliphatic carbocycles. The number of unbranched alkanes of at least 4 members (excludes halogenated alkanes) is 2. The minimum absolute atomic E-state index is 0.151. The molecule has 3 rings (SSSR count). The van der Waals surface area contributed by atoms with Gasteiger partial charge < -0.3 is 14.7 Å². The number of ether oxygens (including phenoxy) is 1. The normalized spacial score (nSPS) is 14.3. The van der Waals surface area contributed by atoms with Crippen molar-refractivity contribution in [3.63, 3.8) is 0 Å². The Bertz CT molecular complexity index is 1020. The summed E-state index contributed by atoms with van der Waals surface area (Å²) < 4.78 is 14.8. The van der Waals surface area contributed by atoms with E-state index in [9.17, 15) is 9.59 Å². The van der Waals surface area contributed by atoms with Gasteiger partial charge in [-0.25, -0.2) is 0 Å². The van der Waals surface area contributed by atoms with Crippen LogP contribution in [0.25, 0.3) is 0 Å². The first-order chi connectivity index (χ1) is 15.9. The molecule has 1 atom stereocenters. The first kappa shape index (κ1) is 21.9. The Morgan fingerprint density at radius 1 is 1.31 bits per heavy atom. The maximum absolute atomic E-state index is 13.2. The van der Waals surface area contributed by atoms with E-state index in [1.54, 1.807) is 18.2 Å². The highest BCUT2D eigenvalue weighted by Crippen LogP contribution is 2.27. The van der Waals surface area contributed by atoms with Gasteiger partial charge in [-0.3, -0.25) is 14.7 Å². The standard InChI is InChI=1S/C25H31N3O4/c1-18(2)28(25(31)22-16-21(26-27-22)14-13-19-11-12-19)17-20-8-5-6-9-23(20)32-15-7-3-4-10-24(29)30/h5-6,8-9,16,18-19H,3-4,7,10-12,15,17H2,1-2H3,(H,26,27)(H,29,30)/i17D. The van der Waals surface area contributed by atoms with Crippen molar-refractivity contribution in [3.8, 4) is 17.6 Å². The highest BCUT2D eigenvalue weighted by atomic mass is 16.5. The maximum Gasteiger partial charge on any atom is 0.303 e. The Labute approximate surface area is 190 Å². The zero-order valence-electron chi connectivity index (χ0n) is 19.6. The number of aliphatic carboxylic acids is 1. The summed E-state index contributed by atoms with van der Waals surface area (Å²) in [4.78, 5) is 25.3. The highest BCUT2D eigenvalue weighted by molar-refractivity contribution is 5.92. The molecule has 1 aromatic heterocycles. The Morgan fingerprint density at radius 2 is 2.09 bits per heavy atom. The second kappa shape index (κ2) is 11.4. The molecule has 1 fully saturated rings. The van der Waals surface area contributed by atoms with Crippen LogP contribution >= 0.6 is 0 Å². The van der Waals surface area contributed by atoms with Crippen LogP contribution in [0.15, 0.2) is 30.3 Å². The van der Waals surface area contributed by atoms with E-state index in [-0.39, 0.29) is 24.1 Å². The molecule has 0 saturated heterocycles. The second-order valence-corrected chi connectivity index (χ2v) is 8.24. The largest absolute Gasteiger partial charge is 0.493 e. The lowest BCUT2D eigenvalue weighted by Gasteiger charge is -2.27. The minimum Gasteiger partial charge on any atom is -0.493 e. The topological polar surface area (TPSA) is 95.5 Å². The number of aromatic nitrogens is 2. The van der Waals surface area contributed by atoms with Gasteiger partial charge in [0.1, 0.15) is 11.4 Å². The molecule has 0 bridgehead atoms. The van der Waals surface area contributed by atoms with E-state index >= 15 is 0 Å². The number of carboxylic acids is 1. The second-order valence-electron chi connectivity index (χ2n) is 8.24. The van der Waals surface area contributed by atoms with Crippen molar-refractivity contribution in [1.82, 2.24) is 15.1 Å². The molecule has 170 valence electrons. The number of carbonyl (C=O) groups is 2. The van der Waals surface area contributed by atoms with Crippen LogP contribution in [0.4, 0.5) is 0 Å². The predicted molar refractivity (Wildman–Crippen MR) is 121 cm³/mol. The van der Waals surface area contributed by atoms with Gasteiger partial charge in [-0.1, -0.05) is 24.1 Å². The number of rotatable bonds is 11. The number of amides is 1. The van der Waals surface area contributed by atoms with Crippen molar-refractivity contribution in [2.24, 2.45) is 5.92 Å². The number of aromatic amines is 1. The molecule has 7 nitrogen and oxygen atoms in total. The van der Waals surface area contributed by atoms with E-state index in [4.69, 9.17) is 11.2 Å². The summed E-state index contributed by atoms with van der Waals surface area (Å²) in [5.41, 5.74) is 1.43. The van der Waals surface area contributed by atoms with Crippen LogP contribution < -0.4 is 4.74 Å². The van der Waals surface area contributed by atoms with E-state index in [0.717, 1.165) is 25.7 Å². The number of para-hydroxylation sites is 1. The van der Waals surface area contributed by atoms with Crippen molar-refractivity contribution < 1.29 is 20.8 Å². The molecule has 0 aliphatic heterocycles. The number of carbonyl (C=O) groups excluding carboxylic acids is 1. The smallest absolute Gasteiger partial charge is 0.303 e. The van der Waals surface area contributed by atoms with E-state index in [2.05, 4.69) is 22.0 Å². The third-order valence-electron chi connectivity index (χ3n) is 5.07. The van der Waals surface area contributed by atoms with Crippen molar-refractivity contribution in [3.05, 3.63) is 47.3 Å². The van der Waals surface area contributed by atoms with Gasteiger partial charge in [0.25, 0.3) is 5.91 Å². The van der Waals surface area contributed by atoms with Gasteiger partial charge in [0.2, 0.25) is 0 Å². The summed E-state index contributed by atoms with van der Waals surface area (Å²) in [6.45, 7) is 3.18. The van der Waals surface area contributed by atoms with Crippen molar-refractivity contribution in [2.75, 3.05) is 6.61 Å². The average Bonchev–Trinajstić information content (AvgIpc) is 3.49. The fourth-order valence-corrected chi connectivity index (χ4v) is 3.08. The molecular formula is C25H31N3O4. The summed E-state index contributed by atoms with van der Waals surface area (Å²) in [7, 11) is 0. The lowest BCUT2D eigenvalue weighted by Crippen LogP contribution is -2.36. The van der Waals surface area contributed by atoms with Gasteiger partial charge in [0.05, 0.1) is 7.98 Å².